The Balaban J connectivity index is 1.72. The summed E-state index contributed by atoms with van der Waals surface area (Å²) in [5.41, 5.74) is 0.485. The van der Waals surface area contributed by atoms with Gasteiger partial charge in [0.2, 0.25) is 0 Å². The summed E-state index contributed by atoms with van der Waals surface area (Å²) >= 11 is 0. The number of ether oxygens (including phenoxy) is 1. The Morgan fingerprint density at radius 3 is 2.90 bits per heavy atom. The first-order valence-corrected chi connectivity index (χ1v) is 7.19. The average molecular weight is 297 g/mol. The van der Waals surface area contributed by atoms with E-state index in [0.29, 0.717) is 31.0 Å². The molecule has 1 saturated heterocycles. The molecule has 0 bridgehead atoms. The molecule has 1 heterocycles. The maximum absolute atomic E-state index is 13.5. The summed E-state index contributed by atoms with van der Waals surface area (Å²) in [4.78, 5) is 4.10. The molecule has 2 rings (SSSR count). The fraction of sp³-hybridized carbons (Fsp3) is 0.533. The third-order valence-corrected chi connectivity index (χ3v) is 3.45. The van der Waals surface area contributed by atoms with Gasteiger partial charge in [0.05, 0.1) is 6.10 Å². The van der Waals surface area contributed by atoms with Gasteiger partial charge in [0.25, 0.3) is 0 Å². The highest BCUT2D eigenvalue weighted by Gasteiger charge is 2.15. The Morgan fingerprint density at radius 2 is 2.24 bits per heavy atom. The van der Waals surface area contributed by atoms with E-state index in [1.807, 2.05) is 0 Å². The summed E-state index contributed by atoms with van der Waals surface area (Å²) in [5.74, 6) is -0.412. The molecule has 1 aliphatic rings. The van der Waals surface area contributed by atoms with Crippen molar-refractivity contribution in [2.24, 2.45) is 4.99 Å². The molecule has 0 spiro atoms. The van der Waals surface area contributed by atoms with Gasteiger partial charge in [0, 0.05) is 32.8 Å². The van der Waals surface area contributed by atoms with Crippen molar-refractivity contribution in [3.63, 3.8) is 0 Å². The molecule has 0 saturated carbocycles. The average Bonchev–Trinajstić information content (AvgIpc) is 2.98. The van der Waals surface area contributed by atoms with Crippen molar-refractivity contribution in [2.45, 2.75) is 25.4 Å². The molecular formula is C15H21F2N3O. The topological polar surface area (TPSA) is 45.7 Å². The molecule has 1 fully saturated rings. The minimum Gasteiger partial charge on any atom is -0.376 e. The van der Waals surface area contributed by atoms with Crippen LogP contribution < -0.4 is 10.6 Å². The summed E-state index contributed by atoms with van der Waals surface area (Å²) in [5, 5.41) is 6.29. The number of rotatable bonds is 5. The molecule has 6 heteroatoms. The van der Waals surface area contributed by atoms with Crippen molar-refractivity contribution in [2.75, 3.05) is 26.7 Å². The van der Waals surface area contributed by atoms with Gasteiger partial charge >= 0.3 is 0 Å². The molecule has 1 aliphatic heterocycles. The van der Waals surface area contributed by atoms with Crippen LogP contribution in [0, 0.1) is 11.6 Å². The van der Waals surface area contributed by atoms with E-state index in [9.17, 15) is 8.78 Å². The SMILES string of the molecule is CN=C(NCCc1ccc(F)cc1F)NCC1CCCO1. The molecule has 0 amide bonds. The third-order valence-electron chi connectivity index (χ3n) is 3.45. The first-order valence-electron chi connectivity index (χ1n) is 7.19. The van der Waals surface area contributed by atoms with Gasteiger partial charge in [-0.3, -0.25) is 4.99 Å². The molecule has 0 aliphatic carbocycles. The Labute approximate surface area is 123 Å². The quantitative estimate of drug-likeness (QED) is 0.644. The fourth-order valence-electron chi connectivity index (χ4n) is 2.28. The highest BCUT2D eigenvalue weighted by atomic mass is 19.1. The molecule has 116 valence electrons. The maximum Gasteiger partial charge on any atom is 0.191 e. The minimum absolute atomic E-state index is 0.234. The van der Waals surface area contributed by atoms with Gasteiger partial charge in [-0.2, -0.15) is 0 Å². The van der Waals surface area contributed by atoms with E-state index in [1.165, 1.54) is 12.1 Å². The van der Waals surface area contributed by atoms with Crippen molar-refractivity contribution in [1.82, 2.24) is 10.6 Å². The molecule has 4 nitrogen and oxygen atoms in total. The second kappa shape index (κ2) is 7.93. The Hall–Kier alpha value is -1.69. The molecule has 0 radical (unpaired) electrons. The fourth-order valence-corrected chi connectivity index (χ4v) is 2.28. The van der Waals surface area contributed by atoms with Crippen molar-refractivity contribution in [3.05, 3.63) is 35.4 Å². The summed E-state index contributed by atoms with van der Waals surface area (Å²) in [7, 11) is 1.68. The van der Waals surface area contributed by atoms with Crippen LogP contribution in [-0.2, 0) is 11.2 Å². The molecule has 1 unspecified atom stereocenters. The number of halogens is 2. The number of nitrogens with one attached hydrogen (secondary N) is 2. The molecule has 21 heavy (non-hydrogen) atoms. The van der Waals surface area contributed by atoms with E-state index in [4.69, 9.17) is 4.74 Å². The number of nitrogens with zero attached hydrogens (tertiary/aromatic N) is 1. The van der Waals surface area contributed by atoms with E-state index in [2.05, 4.69) is 15.6 Å². The lowest BCUT2D eigenvalue weighted by Gasteiger charge is -2.15. The summed E-state index contributed by atoms with van der Waals surface area (Å²) in [6, 6.07) is 3.64. The molecule has 0 aromatic heterocycles. The molecular weight excluding hydrogens is 276 g/mol. The molecule has 1 aromatic carbocycles. The van der Waals surface area contributed by atoms with Gasteiger partial charge in [-0.1, -0.05) is 6.07 Å². The number of guanidine groups is 1. The first kappa shape index (κ1) is 15.7. The van der Waals surface area contributed by atoms with Crippen LogP contribution in [0.1, 0.15) is 18.4 Å². The number of benzene rings is 1. The van der Waals surface area contributed by atoms with E-state index in [0.717, 1.165) is 25.5 Å². The van der Waals surface area contributed by atoms with Crippen LogP contribution in [-0.4, -0.2) is 38.8 Å². The molecule has 2 N–H and O–H groups in total. The van der Waals surface area contributed by atoms with Crippen molar-refractivity contribution < 1.29 is 13.5 Å². The van der Waals surface area contributed by atoms with Crippen LogP contribution in [0.5, 0.6) is 0 Å². The zero-order valence-corrected chi connectivity index (χ0v) is 12.2. The van der Waals surface area contributed by atoms with Crippen molar-refractivity contribution >= 4 is 5.96 Å². The minimum atomic E-state index is -0.557. The second-order valence-corrected chi connectivity index (χ2v) is 5.00. The number of hydrogen-bond donors (Lipinski definition) is 2. The lowest BCUT2D eigenvalue weighted by atomic mass is 10.1. The van der Waals surface area contributed by atoms with E-state index >= 15 is 0 Å². The number of aliphatic imine (C=N–C) groups is 1. The Bertz CT molecular complexity index is 488. The third kappa shape index (κ3) is 4.97. The molecule has 1 aromatic rings. The zero-order chi connectivity index (χ0) is 15.1. The number of hydrogen-bond acceptors (Lipinski definition) is 2. The van der Waals surface area contributed by atoms with Crippen LogP contribution in [0.2, 0.25) is 0 Å². The lowest BCUT2D eigenvalue weighted by molar-refractivity contribution is 0.114. The first-order chi connectivity index (χ1) is 10.2. The molecule has 1 atom stereocenters. The highest BCUT2D eigenvalue weighted by Crippen LogP contribution is 2.11. The van der Waals surface area contributed by atoms with Gasteiger partial charge in [-0.15, -0.1) is 0 Å². The van der Waals surface area contributed by atoms with Gasteiger partial charge in [0.1, 0.15) is 11.6 Å². The van der Waals surface area contributed by atoms with Crippen molar-refractivity contribution in [3.8, 4) is 0 Å². The van der Waals surface area contributed by atoms with Crippen LogP contribution in [0.15, 0.2) is 23.2 Å². The van der Waals surface area contributed by atoms with E-state index < -0.39 is 11.6 Å². The summed E-state index contributed by atoms with van der Waals surface area (Å²) in [6.07, 6.45) is 2.86. The van der Waals surface area contributed by atoms with Gasteiger partial charge in [0.15, 0.2) is 5.96 Å². The zero-order valence-electron chi connectivity index (χ0n) is 12.2. The standard InChI is InChI=1S/C15H21F2N3O/c1-18-15(20-10-13-3-2-8-21-13)19-7-6-11-4-5-12(16)9-14(11)17/h4-5,9,13H,2-3,6-8,10H2,1H3,(H2,18,19,20). The van der Waals surface area contributed by atoms with Crippen LogP contribution in [0.25, 0.3) is 0 Å². The normalized spacial score (nSPS) is 18.8. The van der Waals surface area contributed by atoms with Crippen LogP contribution in [0.4, 0.5) is 8.78 Å². The van der Waals surface area contributed by atoms with E-state index in [-0.39, 0.29) is 6.10 Å². The predicted molar refractivity (Wildman–Crippen MR) is 78.4 cm³/mol. The summed E-state index contributed by atoms with van der Waals surface area (Å²) in [6.45, 7) is 2.06. The van der Waals surface area contributed by atoms with Gasteiger partial charge in [-0.05, 0) is 30.9 Å². The predicted octanol–water partition coefficient (Wildman–Crippen LogP) is 1.85. The smallest absolute Gasteiger partial charge is 0.191 e. The van der Waals surface area contributed by atoms with Crippen molar-refractivity contribution in [1.29, 1.82) is 0 Å². The van der Waals surface area contributed by atoms with Gasteiger partial charge < -0.3 is 15.4 Å². The Kier molecular flexibility index (Phi) is 5.92. The van der Waals surface area contributed by atoms with E-state index in [1.54, 1.807) is 7.05 Å². The summed E-state index contributed by atoms with van der Waals surface area (Å²) < 4.78 is 31.8. The van der Waals surface area contributed by atoms with Gasteiger partial charge in [-0.25, -0.2) is 8.78 Å². The largest absolute Gasteiger partial charge is 0.376 e. The monoisotopic (exact) mass is 297 g/mol. The van der Waals surface area contributed by atoms with Crippen LogP contribution in [0.3, 0.4) is 0 Å². The highest BCUT2D eigenvalue weighted by molar-refractivity contribution is 5.79. The Morgan fingerprint density at radius 1 is 1.38 bits per heavy atom. The van der Waals surface area contributed by atoms with Crippen LogP contribution >= 0.6 is 0 Å². The maximum atomic E-state index is 13.5. The second-order valence-electron chi connectivity index (χ2n) is 5.00. The lowest BCUT2D eigenvalue weighted by Crippen LogP contribution is -2.41.